The summed E-state index contributed by atoms with van der Waals surface area (Å²) < 4.78 is 11.1. The second-order valence-corrected chi connectivity index (χ2v) is 4.01. The van der Waals surface area contributed by atoms with E-state index in [4.69, 9.17) is 9.47 Å². The minimum Gasteiger partial charge on any atom is -0.489 e. The molecule has 0 aromatic heterocycles. The topological polar surface area (TPSA) is 35.5 Å². The molecule has 0 atom stereocenters. The van der Waals surface area contributed by atoms with E-state index in [9.17, 15) is 4.79 Å². The molecule has 86 valence electrons. The van der Waals surface area contributed by atoms with Gasteiger partial charge in [-0.15, -0.1) is 0 Å². The van der Waals surface area contributed by atoms with Gasteiger partial charge in [-0.2, -0.15) is 0 Å². The van der Waals surface area contributed by atoms with Crippen LogP contribution in [0.1, 0.15) is 5.56 Å². The normalized spacial score (nSPS) is 9.62. The number of halogens is 1. The van der Waals surface area contributed by atoms with E-state index in [1.54, 1.807) is 0 Å². The fourth-order valence-electron chi connectivity index (χ4n) is 1.08. The third kappa shape index (κ3) is 4.06. The number of rotatable bonds is 5. The number of aryl methyl sites for hydroxylation is 1. The highest BCUT2D eigenvalue weighted by Crippen LogP contribution is 2.25. The number of benzene rings is 1. The lowest BCUT2D eigenvalue weighted by Crippen LogP contribution is -2.10. The molecular formula is C12H13BrO3. The van der Waals surface area contributed by atoms with Crippen LogP contribution in [0.3, 0.4) is 0 Å². The maximum Gasteiger partial charge on any atom is 0.330 e. The fourth-order valence-corrected chi connectivity index (χ4v) is 1.68. The summed E-state index contributed by atoms with van der Waals surface area (Å²) in [5.41, 5.74) is 1.15. The van der Waals surface area contributed by atoms with Gasteiger partial charge in [-0.1, -0.05) is 12.6 Å². The van der Waals surface area contributed by atoms with Crippen LogP contribution in [0.4, 0.5) is 0 Å². The number of ether oxygens (including phenoxy) is 2. The minimum absolute atomic E-state index is 0.213. The van der Waals surface area contributed by atoms with Crippen LogP contribution in [-0.2, 0) is 9.53 Å². The Hall–Kier alpha value is -1.29. The Balaban J connectivity index is 2.37. The van der Waals surface area contributed by atoms with E-state index in [1.807, 2.05) is 25.1 Å². The zero-order valence-electron chi connectivity index (χ0n) is 9.03. The molecule has 16 heavy (non-hydrogen) atoms. The number of hydrogen-bond acceptors (Lipinski definition) is 3. The summed E-state index contributed by atoms with van der Waals surface area (Å²) in [5, 5.41) is 0. The molecule has 1 aromatic carbocycles. The van der Waals surface area contributed by atoms with Crippen molar-refractivity contribution < 1.29 is 14.3 Å². The number of esters is 1. The van der Waals surface area contributed by atoms with Crippen LogP contribution in [0.15, 0.2) is 35.3 Å². The van der Waals surface area contributed by atoms with E-state index in [0.717, 1.165) is 21.9 Å². The predicted octanol–water partition coefficient (Wildman–Crippen LogP) is 2.87. The zero-order valence-corrected chi connectivity index (χ0v) is 10.6. The first kappa shape index (κ1) is 12.8. The van der Waals surface area contributed by atoms with Gasteiger partial charge >= 0.3 is 5.97 Å². The molecule has 0 heterocycles. The molecule has 0 aliphatic heterocycles. The summed E-state index contributed by atoms with van der Waals surface area (Å²) in [7, 11) is 0. The van der Waals surface area contributed by atoms with Gasteiger partial charge < -0.3 is 9.47 Å². The average molecular weight is 285 g/mol. The Morgan fingerprint density at radius 2 is 2.25 bits per heavy atom. The maximum absolute atomic E-state index is 10.7. The van der Waals surface area contributed by atoms with Crippen LogP contribution in [0.25, 0.3) is 0 Å². The largest absolute Gasteiger partial charge is 0.489 e. The van der Waals surface area contributed by atoms with Crippen molar-refractivity contribution in [2.45, 2.75) is 6.92 Å². The van der Waals surface area contributed by atoms with E-state index < -0.39 is 5.97 Å². The van der Waals surface area contributed by atoms with Crippen molar-refractivity contribution >= 4 is 21.9 Å². The van der Waals surface area contributed by atoms with Crippen molar-refractivity contribution in [1.29, 1.82) is 0 Å². The van der Waals surface area contributed by atoms with Gasteiger partial charge in [0.2, 0.25) is 0 Å². The van der Waals surface area contributed by atoms with Crippen LogP contribution in [-0.4, -0.2) is 19.2 Å². The summed E-state index contributed by atoms with van der Waals surface area (Å²) in [6.07, 6.45) is 1.13. The molecular weight excluding hydrogens is 272 g/mol. The summed E-state index contributed by atoms with van der Waals surface area (Å²) in [4.78, 5) is 10.7. The van der Waals surface area contributed by atoms with Gasteiger partial charge in [-0.05, 0) is 40.5 Å². The molecule has 1 rings (SSSR count). The average Bonchev–Trinajstić information content (AvgIpc) is 2.26. The zero-order chi connectivity index (χ0) is 12.0. The first-order chi connectivity index (χ1) is 7.63. The standard InChI is InChI=1S/C12H13BrO3/c1-3-12(14)16-7-6-15-11-5-4-9(2)8-10(11)13/h3-5,8H,1,6-7H2,2H3. The van der Waals surface area contributed by atoms with Crippen LogP contribution in [0.2, 0.25) is 0 Å². The quantitative estimate of drug-likeness (QED) is 0.474. The first-order valence-electron chi connectivity index (χ1n) is 4.81. The third-order valence-electron chi connectivity index (χ3n) is 1.84. The molecule has 0 radical (unpaired) electrons. The molecule has 3 nitrogen and oxygen atoms in total. The monoisotopic (exact) mass is 284 g/mol. The van der Waals surface area contributed by atoms with Crippen molar-refractivity contribution in [1.82, 2.24) is 0 Å². The summed E-state index contributed by atoms with van der Waals surface area (Å²) in [6.45, 7) is 5.83. The van der Waals surface area contributed by atoms with Crippen molar-refractivity contribution in [3.63, 3.8) is 0 Å². The van der Waals surface area contributed by atoms with Gasteiger partial charge in [0.25, 0.3) is 0 Å². The first-order valence-corrected chi connectivity index (χ1v) is 5.61. The highest BCUT2D eigenvalue weighted by molar-refractivity contribution is 9.10. The maximum atomic E-state index is 10.7. The molecule has 1 aromatic rings. The lowest BCUT2D eigenvalue weighted by atomic mass is 10.2. The number of carbonyl (C=O) groups is 1. The van der Waals surface area contributed by atoms with Gasteiger partial charge in [0.15, 0.2) is 0 Å². The van der Waals surface area contributed by atoms with Crippen molar-refractivity contribution in [2.75, 3.05) is 13.2 Å². The molecule has 0 aliphatic carbocycles. The molecule has 0 aliphatic rings. The SMILES string of the molecule is C=CC(=O)OCCOc1ccc(C)cc1Br. The van der Waals surface area contributed by atoms with Gasteiger partial charge in [0.05, 0.1) is 4.47 Å². The Kier molecular flexibility index (Phi) is 5.05. The molecule has 0 spiro atoms. The van der Waals surface area contributed by atoms with Crippen LogP contribution in [0.5, 0.6) is 5.75 Å². The molecule has 0 fully saturated rings. The highest BCUT2D eigenvalue weighted by Gasteiger charge is 2.01. The van der Waals surface area contributed by atoms with E-state index in [-0.39, 0.29) is 6.61 Å². The molecule has 0 saturated carbocycles. The predicted molar refractivity (Wildman–Crippen MR) is 65.5 cm³/mol. The Bertz CT molecular complexity index is 388. The second kappa shape index (κ2) is 6.33. The molecule has 4 heteroatoms. The lowest BCUT2D eigenvalue weighted by Gasteiger charge is -2.08. The van der Waals surface area contributed by atoms with Crippen molar-refractivity contribution in [3.8, 4) is 5.75 Å². The Morgan fingerprint density at radius 1 is 1.50 bits per heavy atom. The second-order valence-electron chi connectivity index (χ2n) is 3.15. The van der Waals surface area contributed by atoms with Crippen LogP contribution >= 0.6 is 15.9 Å². The Morgan fingerprint density at radius 3 is 2.88 bits per heavy atom. The molecule has 0 N–H and O–H groups in total. The molecule has 0 saturated heterocycles. The van der Waals surface area contributed by atoms with Gasteiger partial charge in [-0.3, -0.25) is 0 Å². The van der Waals surface area contributed by atoms with Crippen LogP contribution in [0, 0.1) is 6.92 Å². The Labute approximate surface area is 103 Å². The number of hydrogen-bond donors (Lipinski definition) is 0. The summed E-state index contributed by atoms with van der Waals surface area (Å²) in [6, 6.07) is 5.79. The van der Waals surface area contributed by atoms with Crippen molar-refractivity contribution in [3.05, 3.63) is 40.9 Å². The van der Waals surface area contributed by atoms with E-state index in [2.05, 4.69) is 22.5 Å². The third-order valence-corrected chi connectivity index (χ3v) is 2.46. The summed E-state index contributed by atoms with van der Waals surface area (Å²) >= 11 is 3.39. The van der Waals surface area contributed by atoms with Crippen molar-refractivity contribution in [2.24, 2.45) is 0 Å². The molecule has 0 unspecified atom stereocenters. The number of carbonyl (C=O) groups excluding carboxylic acids is 1. The van der Waals surface area contributed by atoms with Crippen LogP contribution < -0.4 is 4.74 Å². The smallest absolute Gasteiger partial charge is 0.330 e. The van der Waals surface area contributed by atoms with Gasteiger partial charge in [-0.25, -0.2) is 4.79 Å². The fraction of sp³-hybridized carbons (Fsp3) is 0.250. The van der Waals surface area contributed by atoms with Gasteiger partial charge in [0.1, 0.15) is 19.0 Å². The van der Waals surface area contributed by atoms with E-state index in [1.165, 1.54) is 0 Å². The lowest BCUT2D eigenvalue weighted by molar-refractivity contribution is -0.138. The summed E-state index contributed by atoms with van der Waals surface area (Å²) in [5.74, 6) is 0.298. The van der Waals surface area contributed by atoms with E-state index >= 15 is 0 Å². The molecule has 0 bridgehead atoms. The van der Waals surface area contributed by atoms with Gasteiger partial charge in [0, 0.05) is 6.08 Å². The van der Waals surface area contributed by atoms with E-state index in [0.29, 0.717) is 6.61 Å². The highest BCUT2D eigenvalue weighted by atomic mass is 79.9. The molecule has 0 amide bonds. The minimum atomic E-state index is -0.438.